The van der Waals surface area contributed by atoms with Crippen LogP contribution in [-0.4, -0.2) is 18.0 Å². The average Bonchev–Trinajstić information content (AvgIpc) is 2.46. The second kappa shape index (κ2) is 3.97. The quantitative estimate of drug-likeness (QED) is 0.496. The molecule has 76 valence electrons. The fourth-order valence-corrected chi connectivity index (χ4v) is 2.72. The van der Waals surface area contributed by atoms with Gasteiger partial charge in [-0.05, 0) is 31.6 Å². The molecule has 2 rings (SSSR count). The highest BCUT2D eigenvalue weighted by Gasteiger charge is 2.33. The number of nitriles is 1. The number of nitrogens with one attached hydrogen (secondary N) is 2. The molecule has 0 saturated carbocycles. The van der Waals surface area contributed by atoms with Crippen molar-refractivity contribution < 1.29 is 4.79 Å². The number of rotatable bonds is 2. The molecule has 0 aromatic rings. The molecule has 0 aliphatic carbocycles. The second-order valence-corrected chi connectivity index (χ2v) is 4.34. The second-order valence-electron chi connectivity index (χ2n) is 4.34. The zero-order chi connectivity index (χ0) is 9.97. The Bertz CT molecular complexity index is 259. The van der Waals surface area contributed by atoms with Gasteiger partial charge in [0.1, 0.15) is 0 Å². The summed E-state index contributed by atoms with van der Waals surface area (Å²) in [6, 6.07) is 1.24. The molecule has 4 heteroatoms. The van der Waals surface area contributed by atoms with Gasteiger partial charge in [0.2, 0.25) is 5.91 Å². The van der Waals surface area contributed by atoms with Gasteiger partial charge < -0.3 is 5.32 Å². The van der Waals surface area contributed by atoms with E-state index in [2.05, 4.69) is 10.6 Å². The maximum atomic E-state index is 11.2. The van der Waals surface area contributed by atoms with Crippen LogP contribution in [0.1, 0.15) is 32.1 Å². The Morgan fingerprint density at radius 1 is 1.43 bits per heavy atom. The lowest BCUT2D eigenvalue weighted by molar-refractivity contribution is -0.121. The molecule has 2 unspecified atom stereocenters. The lowest BCUT2D eigenvalue weighted by atomic mass is 9.89. The summed E-state index contributed by atoms with van der Waals surface area (Å²) in [6.45, 7) is 0. The van der Waals surface area contributed by atoms with Crippen molar-refractivity contribution in [2.24, 2.45) is 5.92 Å². The SMILES string of the molecule is N#CNC(=O)CC1CC2CCC(C1)N2. The number of fused-ring (bicyclic) bond motifs is 2. The Balaban J connectivity index is 1.82. The van der Waals surface area contributed by atoms with Gasteiger partial charge in [0.15, 0.2) is 6.19 Å². The molecule has 0 spiro atoms. The molecule has 2 heterocycles. The average molecular weight is 193 g/mol. The number of hydrogen-bond acceptors (Lipinski definition) is 3. The van der Waals surface area contributed by atoms with E-state index in [9.17, 15) is 4.79 Å². The Labute approximate surface area is 83.7 Å². The first-order valence-electron chi connectivity index (χ1n) is 5.22. The summed E-state index contributed by atoms with van der Waals surface area (Å²) >= 11 is 0. The molecular formula is C10H15N3O. The van der Waals surface area contributed by atoms with Crippen molar-refractivity contribution in [1.82, 2.24) is 10.6 Å². The van der Waals surface area contributed by atoms with Crippen LogP contribution in [-0.2, 0) is 4.79 Å². The summed E-state index contributed by atoms with van der Waals surface area (Å²) in [5, 5.41) is 14.0. The summed E-state index contributed by atoms with van der Waals surface area (Å²) in [5.74, 6) is 0.348. The summed E-state index contributed by atoms with van der Waals surface area (Å²) in [6.07, 6.45) is 6.88. The third kappa shape index (κ3) is 2.05. The molecule has 14 heavy (non-hydrogen) atoms. The van der Waals surface area contributed by atoms with Crippen LogP contribution in [0.2, 0.25) is 0 Å². The molecule has 2 bridgehead atoms. The molecule has 2 saturated heterocycles. The van der Waals surface area contributed by atoms with E-state index >= 15 is 0 Å². The van der Waals surface area contributed by atoms with Gasteiger partial charge >= 0.3 is 0 Å². The van der Waals surface area contributed by atoms with Crippen LogP contribution in [0.3, 0.4) is 0 Å². The summed E-state index contributed by atoms with van der Waals surface area (Å²) in [7, 11) is 0. The number of piperidine rings is 1. The number of nitrogens with zero attached hydrogens (tertiary/aromatic N) is 1. The normalized spacial score (nSPS) is 34.9. The molecule has 1 amide bonds. The van der Waals surface area contributed by atoms with Crippen LogP contribution in [0.25, 0.3) is 0 Å². The smallest absolute Gasteiger partial charge is 0.233 e. The summed E-state index contributed by atoms with van der Waals surface area (Å²) in [5.41, 5.74) is 0. The highest BCUT2D eigenvalue weighted by atomic mass is 16.1. The third-order valence-electron chi connectivity index (χ3n) is 3.24. The Morgan fingerprint density at radius 2 is 2.07 bits per heavy atom. The minimum atomic E-state index is -0.126. The standard InChI is InChI=1S/C10H15N3O/c11-6-12-10(14)5-7-3-8-1-2-9(4-7)13-8/h7-9,13H,1-5H2,(H,12,14). The topological polar surface area (TPSA) is 64.9 Å². The maximum absolute atomic E-state index is 11.2. The number of carbonyl (C=O) groups is 1. The third-order valence-corrected chi connectivity index (χ3v) is 3.24. The van der Waals surface area contributed by atoms with E-state index in [1.54, 1.807) is 6.19 Å². The Kier molecular flexibility index (Phi) is 2.69. The zero-order valence-electron chi connectivity index (χ0n) is 8.12. The first-order chi connectivity index (χ1) is 6.78. The van der Waals surface area contributed by atoms with Gasteiger partial charge in [0, 0.05) is 18.5 Å². The van der Waals surface area contributed by atoms with Crippen LogP contribution >= 0.6 is 0 Å². The molecule has 2 aliphatic rings. The van der Waals surface area contributed by atoms with E-state index in [1.165, 1.54) is 12.8 Å². The molecule has 2 N–H and O–H groups in total. The van der Waals surface area contributed by atoms with Crippen molar-refractivity contribution in [1.29, 1.82) is 5.26 Å². The fourth-order valence-electron chi connectivity index (χ4n) is 2.72. The fraction of sp³-hybridized carbons (Fsp3) is 0.800. The van der Waals surface area contributed by atoms with Gasteiger partial charge in [-0.15, -0.1) is 0 Å². The van der Waals surface area contributed by atoms with Crippen LogP contribution in [0.5, 0.6) is 0 Å². The van der Waals surface area contributed by atoms with Crippen LogP contribution in [0, 0.1) is 17.4 Å². The number of amides is 1. The first kappa shape index (κ1) is 9.47. The van der Waals surface area contributed by atoms with Crippen molar-refractivity contribution in [3.05, 3.63) is 0 Å². The lowest BCUT2D eigenvalue weighted by Crippen LogP contribution is -2.39. The van der Waals surface area contributed by atoms with E-state index < -0.39 is 0 Å². The Hall–Kier alpha value is -1.08. The van der Waals surface area contributed by atoms with Crippen molar-refractivity contribution >= 4 is 5.91 Å². The lowest BCUT2D eigenvalue weighted by Gasteiger charge is -2.28. The molecule has 4 nitrogen and oxygen atoms in total. The molecular weight excluding hydrogens is 178 g/mol. The monoisotopic (exact) mass is 193 g/mol. The molecule has 2 aliphatic heterocycles. The number of hydrogen-bond donors (Lipinski definition) is 2. The molecule has 2 fully saturated rings. The Morgan fingerprint density at radius 3 is 2.64 bits per heavy atom. The maximum Gasteiger partial charge on any atom is 0.233 e. The van der Waals surface area contributed by atoms with E-state index in [0.29, 0.717) is 24.4 Å². The van der Waals surface area contributed by atoms with E-state index in [4.69, 9.17) is 5.26 Å². The van der Waals surface area contributed by atoms with Gasteiger partial charge in [0.25, 0.3) is 0 Å². The van der Waals surface area contributed by atoms with E-state index in [1.807, 2.05) is 0 Å². The van der Waals surface area contributed by atoms with Crippen molar-refractivity contribution in [3.63, 3.8) is 0 Å². The van der Waals surface area contributed by atoms with E-state index in [-0.39, 0.29) is 5.91 Å². The van der Waals surface area contributed by atoms with Gasteiger partial charge in [-0.25, -0.2) is 0 Å². The highest BCUT2D eigenvalue weighted by molar-refractivity contribution is 5.77. The van der Waals surface area contributed by atoms with Gasteiger partial charge in [-0.3, -0.25) is 10.1 Å². The summed E-state index contributed by atoms with van der Waals surface area (Å²) < 4.78 is 0. The van der Waals surface area contributed by atoms with Gasteiger partial charge in [-0.1, -0.05) is 0 Å². The molecule has 2 atom stereocenters. The van der Waals surface area contributed by atoms with E-state index in [0.717, 1.165) is 12.8 Å². The van der Waals surface area contributed by atoms with Crippen LogP contribution in [0.15, 0.2) is 0 Å². The first-order valence-corrected chi connectivity index (χ1v) is 5.22. The largest absolute Gasteiger partial charge is 0.311 e. The molecule has 0 aromatic carbocycles. The van der Waals surface area contributed by atoms with Gasteiger partial charge in [0.05, 0.1) is 0 Å². The van der Waals surface area contributed by atoms with Gasteiger partial charge in [-0.2, -0.15) is 5.26 Å². The minimum Gasteiger partial charge on any atom is -0.311 e. The zero-order valence-corrected chi connectivity index (χ0v) is 8.12. The van der Waals surface area contributed by atoms with Crippen LogP contribution < -0.4 is 10.6 Å². The highest BCUT2D eigenvalue weighted by Crippen LogP contribution is 2.32. The summed E-state index contributed by atoms with van der Waals surface area (Å²) in [4.78, 5) is 11.2. The molecule has 0 radical (unpaired) electrons. The minimum absolute atomic E-state index is 0.126. The number of carbonyl (C=O) groups excluding carboxylic acids is 1. The van der Waals surface area contributed by atoms with Crippen LogP contribution in [0.4, 0.5) is 0 Å². The predicted octanol–water partition coefficient (Wildman–Crippen LogP) is 0.504. The van der Waals surface area contributed by atoms with Crippen molar-refractivity contribution in [2.75, 3.05) is 0 Å². The van der Waals surface area contributed by atoms with Crippen molar-refractivity contribution in [2.45, 2.75) is 44.2 Å². The molecule has 0 aromatic heterocycles. The van der Waals surface area contributed by atoms with Crippen molar-refractivity contribution in [3.8, 4) is 6.19 Å². The predicted molar refractivity (Wildman–Crippen MR) is 51.0 cm³/mol.